The molecular formula is C24H30N4O2S. The van der Waals surface area contributed by atoms with Crippen molar-refractivity contribution in [2.24, 2.45) is 11.8 Å². The molecule has 2 aromatic heterocycles. The first-order chi connectivity index (χ1) is 14.9. The second-order valence-corrected chi connectivity index (χ2v) is 9.76. The molecule has 0 unspecified atom stereocenters. The number of benzene rings is 1. The number of anilines is 1. The second kappa shape index (κ2) is 9.22. The lowest BCUT2D eigenvalue weighted by molar-refractivity contribution is -0.125. The molecule has 0 bridgehead atoms. The van der Waals surface area contributed by atoms with Gasteiger partial charge in [-0.1, -0.05) is 43.7 Å². The molecular weight excluding hydrogens is 408 g/mol. The molecule has 0 radical (unpaired) electrons. The van der Waals surface area contributed by atoms with Gasteiger partial charge in [0.15, 0.2) is 0 Å². The summed E-state index contributed by atoms with van der Waals surface area (Å²) < 4.78 is 2.46. The number of amides is 1. The Morgan fingerprint density at radius 2 is 2.03 bits per heavy atom. The van der Waals surface area contributed by atoms with Crippen molar-refractivity contribution in [3.63, 3.8) is 0 Å². The maximum Gasteiger partial charge on any atom is 0.273 e. The van der Waals surface area contributed by atoms with Crippen LogP contribution in [-0.2, 0) is 11.3 Å². The normalized spacial score (nSPS) is 16.8. The molecule has 6 nitrogen and oxygen atoms in total. The van der Waals surface area contributed by atoms with E-state index in [0.717, 1.165) is 30.5 Å². The van der Waals surface area contributed by atoms with Gasteiger partial charge in [-0.2, -0.15) is 0 Å². The van der Waals surface area contributed by atoms with E-state index in [1.54, 1.807) is 4.57 Å². The lowest BCUT2D eigenvalue weighted by Gasteiger charge is -2.34. The quantitative estimate of drug-likeness (QED) is 0.636. The van der Waals surface area contributed by atoms with Crippen LogP contribution in [0.2, 0.25) is 0 Å². The molecule has 1 aliphatic rings. The van der Waals surface area contributed by atoms with Crippen molar-refractivity contribution >= 4 is 33.4 Å². The largest absolute Gasteiger partial charge is 0.356 e. The van der Waals surface area contributed by atoms with Crippen molar-refractivity contribution in [3.05, 3.63) is 57.2 Å². The standard InChI is InChI=1S/C24H30N4O2S/c1-16(2)13-25-22(29)19-5-4-11-27(15-19)24-26-20-10-12-31-21(20)23(30)28(24)14-18-8-6-17(3)7-9-18/h6-10,12,16,19H,4-5,11,13-15H2,1-3H3,(H,25,29)/t19-/m0/s1. The van der Waals surface area contributed by atoms with Gasteiger partial charge in [0.2, 0.25) is 11.9 Å². The fourth-order valence-electron chi connectivity index (χ4n) is 4.01. The van der Waals surface area contributed by atoms with Crippen LogP contribution in [0.15, 0.2) is 40.5 Å². The third-order valence-electron chi connectivity index (χ3n) is 5.77. The van der Waals surface area contributed by atoms with E-state index < -0.39 is 0 Å². The molecule has 3 aromatic rings. The monoisotopic (exact) mass is 438 g/mol. The van der Waals surface area contributed by atoms with E-state index in [-0.39, 0.29) is 17.4 Å². The summed E-state index contributed by atoms with van der Waals surface area (Å²) >= 11 is 1.43. The van der Waals surface area contributed by atoms with Gasteiger partial charge in [0.05, 0.1) is 18.0 Å². The van der Waals surface area contributed by atoms with Crippen molar-refractivity contribution in [3.8, 4) is 0 Å². The molecule has 1 atom stereocenters. The lowest BCUT2D eigenvalue weighted by atomic mass is 9.97. The van der Waals surface area contributed by atoms with Crippen LogP contribution in [0.25, 0.3) is 10.2 Å². The number of nitrogens with one attached hydrogen (secondary N) is 1. The Kier molecular flexibility index (Phi) is 6.41. The Labute approximate surface area is 186 Å². The SMILES string of the molecule is Cc1ccc(Cn2c(N3CCC[C@H](C(=O)NCC(C)C)C3)nc3ccsc3c2=O)cc1. The van der Waals surface area contributed by atoms with Crippen LogP contribution in [-0.4, -0.2) is 35.1 Å². The van der Waals surface area contributed by atoms with E-state index in [4.69, 9.17) is 4.98 Å². The first-order valence-electron chi connectivity index (χ1n) is 11.0. The Morgan fingerprint density at radius 3 is 2.77 bits per heavy atom. The minimum absolute atomic E-state index is 0.0121. The van der Waals surface area contributed by atoms with Crippen LogP contribution >= 0.6 is 11.3 Å². The van der Waals surface area contributed by atoms with E-state index in [0.29, 0.717) is 36.2 Å². The molecule has 31 heavy (non-hydrogen) atoms. The van der Waals surface area contributed by atoms with E-state index in [2.05, 4.69) is 55.3 Å². The predicted octanol–water partition coefficient (Wildman–Crippen LogP) is 3.80. The number of carbonyl (C=O) groups is 1. The zero-order valence-corrected chi connectivity index (χ0v) is 19.2. The summed E-state index contributed by atoms with van der Waals surface area (Å²) in [6, 6.07) is 10.1. The Morgan fingerprint density at radius 1 is 1.26 bits per heavy atom. The summed E-state index contributed by atoms with van der Waals surface area (Å²) in [5.74, 6) is 1.10. The third kappa shape index (κ3) is 4.82. The van der Waals surface area contributed by atoms with Crippen molar-refractivity contribution in [1.82, 2.24) is 14.9 Å². The summed E-state index contributed by atoms with van der Waals surface area (Å²) in [7, 11) is 0. The molecule has 0 aliphatic carbocycles. The van der Waals surface area contributed by atoms with E-state index in [9.17, 15) is 9.59 Å². The Bertz CT molecular complexity index is 1120. The lowest BCUT2D eigenvalue weighted by Crippen LogP contribution is -2.45. The van der Waals surface area contributed by atoms with Gasteiger partial charge in [0, 0.05) is 19.6 Å². The molecule has 0 saturated carbocycles. The van der Waals surface area contributed by atoms with Crippen LogP contribution in [0.1, 0.15) is 37.8 Å². The summed E-state index contributed by atoms with van der Waals surface area (Å²) in [5, 5.41) is 4.98. The van der Waals surface area contributed by atoms with Gasteiger partial charge < -0.3 is 10.2 Å². The predicted molar refractivity (Wildman–Crippen MR) is 127 cm³/mol. The average molecular weight is 439 g/mol. The first kappa shape index (κ1) is 21.6. The van der Waals surface area contributed by atoms with Gasteiger partial charge in [0.1, 0.15) is 4.70 Å². The molecule has 4 rings (SSSR count). The molecule has 1 fully saturated rings. The highest BCUT2D eigenvalue weighted by molar-refractivity contribution is 7.17. The fraction of sp³-hybridized carbons (Fsp3) is 0.458. The van der Waals surface area contributed by atoms with Crippen LogP contribution < -0.4 is 15.8 Å². The smallest absolute Gasteiger partial charge is 0.273 e. The number of hydrogen-bond donors (Lipinski definition) is 1. The molecule has 7 heteroatoms. The highest BCUT2D eigenvalue weighted by Crippen LogP contribution is 2.25. The number of thiophene rings is 1. The fourth-order valence-corrected chi connectivity index (χ4v) is 4.79. The topological polar surface area (TPSA) is 67.2 Å². The number of aromatic nitrogens is 2. The van der Waals surface area contributed by atoms with Gasteiger partial charge in [0.25, 0.3) is 5.56 Å². The van der Waals surface area contributed by atoms with Gasteiger partial charge in [-0.15, -0.1) is 11.3 Å². The molecule has 0 spiro atoms. The number of carbonyl (C=O) groups excluding carboxylic acids is 1. The molecule has 1 aromatic carbocycles. The van der Waals surface area contributed by atoms with Crippen LogP contribution in [0.5, 0.6) is 0 Å². The average Bonchev–Trinajstić information content (AvgIpc) is 3.24. The van der Waals surface area contributed by atoms with Crippen LogP contribution in [0.4, 0.5) is 5.95 Å². The van der Waals surface area contributed by atoms with E-state index in [1.165, 1.54) is 16.9 Å². The number of fused-ring (bicyclic) bond motifs is 1. The zero-order chi connectivity index (χ0) is 22.0. The van der Waals surface area contributed by atoms with Crippen molar-refractivity contribution in [2.45, 2.75) is 40.2 Å². The maximum absolute atomic E-state index is 13.3. The molecule has 1 saturated heterocycles. The van der Waals surface area contributed by atoms with Crippen LogP contribution in [0, 0.1) is 18.8 Å². The Hall–Kier alpha value is -2.67. The van der Waals surface area contributed by atoms with Crippen molar-refractivity contribution < 1.29 is 4.79 Å². The summed E-state index contributed by atoms with van der Waals surface area (Å²) in [5.41, 5.74) is 2.97. The van der Waals surface area contributed by atoms with Crippen LogP contribution in [0.3, 0.4) is 0 Å². The van der Waals surface area contributed by atoms with Crippen molar-refractivity contribution in [1.29, 1.82) is 0 Å². The molecule has 1 N–H and O–H groups in total. The number of aryl methyl sites for hydroxylation is 1. The van der Waals surface area contributed by atoms with Gasteiger partial charge in [-0.25, -0.2) is 4.98 Å². The Balaban J connectivity index is 1.66. The number of piperidine rings is 1. The highest BCUT2D eigenvalue weighted by atomic mass is 32.1. The van der Waals surface area contributed by atoms with Gasteiger partial charge in [-0.3, -0.25) is 14.2 Å². The molecule has 3 heterocycles. The maximum atomic E-state index is 13.3. The third-order valence-corrected chi connectivity index (χ3v) is 6.66. The minimum atomic E-state index is -0.0876. The summed E-state index contributed by atoms with van der Waals surface area (Å²) in [6.45, 7) is 8.78. The van der Waals surface area contributed by atoms with E-state index in [1.807, 2.05) is 11.4 Å². The second-order valence-electron chi connectivity index (χ2n) is 8.85. The zero-order valence-electron chi connectivity index (χ0n) is 18.4. The van der Waals surface area contributed by atoms with Gasteiger partial charge >= 0.3 is 0 Å². The first-order valence-corrected chi connectivity index (χ1v) is 11.9. The van der Waals surface area contributed by atoms with Gasteiger partial charge in [-0.05, 0) is 42.7 Å². The highest BCUT2D eigenvalue weighted by Gasteiger charge is 2.28. The molecule has 1 aliphatic heterocycles. The number of rotatable bonds is 6. The minimum Gasteiger partial charge on any atom is -0.356 e. The number of hydrogen-bond acceptors (Lipinski definition) is 5. The molecule has 164 valence electrons. The van der Waals surface area contributed by atoms with E-state index >= 15 is 0 Å². The number of nitrogens with zero attached hydrogens (tertiary/aromatic N) is 3. The molecule has 1 amide bonds. The summed E-state index contributed by atoms with van der Waals surface area (Å²) in [4.78, 5) is 33.0. The van der Waals surface area contributed by atoms with Crippen molar-refractivity contribution in [2.75, 3.05) is 24.5 Å². The summed E-state index contributed by atoms with van der Waals surface area (Å²) in [6.07, 6.45) is 1.77.